The average molecular weight is 267 g/mol. The van der Waals surface area contributed by atoms with Gasteiger partial charge < -0.3 is 10.1 Å². The molecule has 0 saturated carbocycles. The minimum atomic E-state index is -4.15. The predicted molar refractivity (Wildman–Crippen MR) is 56.8 cm³/mol. The van der Waals surface area contributed by atoms with Crippen LogP contribution in [0.25, 0.3) is 0 Å². The zero-order valence-corrected chi connectivity index (χ0v) is 9.67. The van der Waals surface area contributed by atoms with Crippen LogP contribution in [0.3, 0.4) is 0 Å². The molecule has 0 bridgehead atoms. The zero-order valence-electron chi connectivity index (χ0n) is 9.67. The fourth-order valence-corrected chi connectivity index (χ4v) is 1.09. The number of hydrogen-bond donors (Lipinski definition) is 1. The first kappa shape index (κ1) is 14.6. The van der Waals surface area contributed by atoms with Gasteiger partial charge in [-0.05, 0) is 13.0 Å². The molecule has 1 heterocycles. The van der Waals surface area contributed by atoms with Gasteiger partial charge in [-0.1, -0.05) is 0 Å². The van der Waals surface area contributed by atoms with E-state index in [1.54, 1.807) is 6.07 Å². The van der Waals surface area contributed by atoms with Gasteiger partial charge >= 0.3 is 12.3 Å². The van der Waals surface area contributed by atoms with Gasteiger partial charge in [0.15, 0.2) is 5.82 Å². The van der Waals surface area contributed by atoms with Crippen LogP contribution in [0, 0.1) is 0 Å². The highest BCUT2D eigenvalue weighted by atomic mass is 19.3. The predicted octanol–water partition coefficient (Wildman–Crippen LogP) is 2.33. The number of nitrogens with zero attached hydrogens (tertiary/aromatic N) is 2. The number of alkyl halides is 4. The smallest absolute Gasteiger partial charge is 0.330 e. The van der Waals surface area contributed by atoms with E-state index in [-0.39, 0.29) is 12.4 Å². The topological polar surface area (TPSA) is 47.0 Å². The summed E-state index contributed by atoms with van der Waals surface area (Å²) in [6.45, 7) is 0.795. The molecule has 0 amide bonds. The van der Waals surface area contributed by atoms with Crippen LogP contribution in [0.5, 0.6) is 0 Å². The second-order valence-electron chi connectivity index (χ2n) is 3.44. The highest BCUT2D eigenvalue weighted by molar-refractivity contribution is 5.32. The Morgan fingerprint density at radius 3 is 2.78 bits per heavy atom. The van der Waals surface area contributed by atoms with Crippen LogP contribution in [0.15, 0.2) is 12.3 Å². The SMILES string of the molecule is CCNc1ccnc(COCC(F)(F)C(F)F)n1. The summed E-state index contributed by atoms with van der Waals surface area (Å²) >= 11 is 0. The van der Waals surface area contributed by atoms with E-state index in [2.05, 4.69) is 20.0 Å². The van der Waals surface area contributed by atoms with Gasteiger partial charge in [0.05, 0.1) is 0 Å². The Kier molecular flexibility index (Phi) is 5.26. The molecule has 0 aliphatic heterocycles. The van der Waals surface area contributed by atoms with Crippen LogP contribution < -0.4 is 5.32 Å². The summed E-state index contributed by atoms with van der Waals surface area (Å²) in [5, 5.41) is 2.90. The summed E-state index contributed by atoms with van der Waals surface area (Å²) in [6.07, 6.45) is -2.32. The molecule has 0 fully saturated rings. The zero-order chi connectivity index (χ0) is 13.6. The number of ether oxygens (including phenoxy) is 1. The lowest BCUT2D eigenvalue weighted by molar-refractivity contribution is -0.168. The Labute approximate surface area is 101 Å². The summed E-state index contributed by atoms with van der Waals surface area (Å²) < 4.78 is 53.2. The van der Waals surface area contributed by atoms with Crippen LogP contribution in [-0.4, -0.2) is 35.5 Å². The number of halogens is 4. The van der Waals surface area contributed by atoms with Gasteiger partial charge in [-0.2, -0.15) is 8.78 Å². The van der Waals surface area contributed by atoms with Crippen molar-refractivity contribution >= 4 is 5.82 Å². The molecule has 4 nitrogen and oxygen atoms in total. The van der Waals surface area contributed by atoms with E-state index in [1.807, 2.05) is 6.92 Å². The fourth-order valence-electron chi connectivity index (χ4n) is 1.09. The molecule has 102 valence electrons. The maximum atomic E-state index is 12.5. The van der Waals surface area contributed by atoms with Crippen LogP contribution in [0.1, 0.15) is 12.7 Å². The Balaban J connectivity index is 2.46. The van der Waals surface area contributed by atoms with Gasteiger partial charge in [0.25, 0.3) is 0 Å². The van der Waals surface area contributed by atoms with Crippen molar-refractivity contribution in [1.29, 1.82) is 0 Å². The molecule has 0 radical (unpaired) electrons. The number of aromatic nitrogens is 2. The Morgan fingerprint density at radius 1 is 1.44 bits per heavy atom. The Morgan fingerprint density at radius 2 is 2.17 bits per heavy atom. The van der Waals surface area contributed by atoms with Gasteiger partial charge in [0.2, 0.25) is 0 Å². The molecule has 0 unspecified atom stereocenters. The molecule has 0 aromatic carbocycles. The molecule has 0 saturated heterocycles. The summed E-state index contributed by atoms with van der Waals surface area (Å²) in [4.78, 5) is 7.72. The van der Waals surface area contributed by atoms with Gasteiger partial charge in [0.1, 0.15) is 19.0 Å². The maximum absolute atomic E-state index is 12.5. The third-order valence-corrected chi connectivity index (χ3v) is 1.91. The molecule has 1 rings (SSSR count). The molecular formula is C10H13F4N3O. The summed E-state index contributed by atoms with van der Waals surface area (Å²) in [7, 11) is 0. The molecule has 8 heteroatoms. The number of rotatable bonds is 7. The monoisotopic (exact) mass is 267 g/mol. The number of anilines is 1. The highest BCUT2D eigenvalue weighted by Crippen LogP contribution is 2.23. The van der Waals surface area contributed by atoms with Crippen LogP contribution in [-0.2, 0) is 11.3 Å². The van der Waals surface area contributed by atoms with E-state index < -0.39 is 19.0 Å². The highest BCUT2D eigenvalue weighted by Gasteiger charge is 2.40. The Hall–Kier alpha value is -1.44. The fraction of sp³-hybridized carbons (Fsp3) is 0.600. The number of hydrogen-bond acceptors (Lipinski definition) is 4. The average Bonchev–Trinajstić information content (AvgIpc) is 2.29. The van der Waals surface area contributed by atoms with Crippen LogP contribution >= 0.6 is 0 Å². The van der Waals surface area contributed by atoms with Crippen LogP contribution in [0.2, 0.25) is 0 Å². The largest absolute Gasteiger partial charge is 0.370 e. The van der Waals surface area contributed by atoms with Gasteiger partial charge in [-0.3, -0.25) is 0 Å². The summed E-state index contributed by atoms with van der Waals surface area (Å²) in [6, 6.07) is 1.60. The van der Waals surface area contributed by atoms with E-state index in [0.717, 1.165) is 0 Å². The maximum Gasteiger partial charge on any atom is 0.330 e. The van der Waals surface area contributed by atoms with Crippen molar-refractivity contribution in [3.8, 4) is 0 Å². The van der Waals surface area contributed by atoms with Crippen molar-refractivity contribution in [2.45, 2.75) is 25.9 Å². The molecule has 0 aliphatic rings. The van der Waals surface area contributed by atoms with Crippen molar-refractivity contribution in [3.05, 3.63) is 18.1 Å². The number of nitrogens with one attached hydrogen (secondary N) is 1. The van der Waals surface area contributed by atoms with E-state index >= 15 is 0 Å². The minimum absolute atomic E-state index is 0.151. The first-order valence-electron chi connectivity index (χ1n) is 5.25. The molecule has 1 aromatic heterocycles. The second-order valence-corrected chi connectivity index (χ2v) is 3.44. The quantitative estimate of drug-likeness (QED) is 0.770. The van der Waals surface area contributed by atoms with Crippen molar-refractivity contribution in [2.75, 3.05) is 18.5 Å². The minimum Gasteiger partial charge on any atom is -0.370 e. The van der Waals surface area contributed by atoms with Crippen molar-refractivity contribution in [3.63, 3.8) is 0 Å². The Bertz CT molecular complexity index is 376. The van der Waals surface area contributed by atoms with Crippen LogP contribution in [0.4, 0.5) is 23.4 Å². The lowest BCUT2D eigenvalue weighted by atomic mass is 10.4. The molecular weight excluding hydrogens is 254 g/mol. The first-order valence-corrected chi connectivity index (χ1v) is 5.25. The third kappa shape index (κ3) is 4.44. The summed E-state index contributed by atoms with van der Waals surface area (Å²) in [5.41, 5.74) is 0. The van der Waals surface area contributed by atoms with E-state index in [4.69, 9.17) is 0 Å². The normalized spacial score (nSPS) is 11.9. The molecule has 0 aliphatic carbocycles. The summed E-state index contributed by atoms with van der Waals surface area (Å²) in [5.74, 6) is -3.48. The lowest BCUT2D eigenvalue weighted by Crippen LogP contribution is -2.32. The van der Waals surface area contributed by atoms with Gasteiger partial charge in [0, 0.05) is 12.7 Å². The lowest BCUT2D eigenvalue weighted by Gasteiger charge is -2.14. The second kappa shape index (κ2) is 6.48. The van der Waals surface area contributed by atoms with Crippen molar-refractivity contribution in [1.82, 2.24) is 9.97 Å². The van der Waals surface area contributed by atoms with E-state index in [0.29, 0.717) is 12.4 Å². The molecule has 18 heavy (non-hydrogen) atoms. The first-order chi connectivity index (χ1) is 8.45. The molecule has 1 aromatic rings. The van der Waals surface area contributed by atoms with Gasteiger partial charge in [-0.25, -0.2) is 18.7 Å². The van der Waals surface area contributed by atoms with E-state index in [9.17, 15) is 17.6 Å². The van der Waals surface area contributed by atoms with Crippen molar-refractivity contribution < 1.29 is 22.3 Å². The molecule has 0 spiro atoms. The third-order valence-electron chi connectivity index (χ3n) is 1.91. The van der Waals surface area contributed by atoms with Crippen molar-refractivity contribution in [2.24, 2.45) is 0 Å². The standard InChI is InChI=1S/C10H13F4N3O/c1-2-15-7-3-4-16-8(17-7)5-18-6-10(13,14)9(11)12/h3-4,9H,2,5-6H2,1H3,(H,15,16,17). The molecule has 0 atom stereocenters. The van der Waals surface area contributed by atoms with Gasteiger partial charge in [-0.15, -0.1) is 0 Å². The van der Waals surface area contributed by atoms with E-state index in [1.165, 1.54) is 6.20 Å². The molecule has 1 N–H and O–H groups in total.